The molecule has 0 aliphatic heterocycles. The van der Waals surface area contributed by atoms with Gasteiger partial charge in [-0.15, -0.1) is 0 Å². The average Bonchev–Trinajstić information content (AvgIpc) is 2.70. The lowest BCUT2D eigenvalue weighted by atomic mass is 9.61. The molecule has 6 nitrogen and oxygen atoms in total. The van der Waals surface area contributed by atoms with Gasteiger partial charge in [-0.3, -0.25) is 9.59 Å². The van der Waals surface area contributed by atoms with Gasteiger partial charge in [-0.05, 0) is 87.1 Å². The second-order valence-electron chi connectivity index (χ2n) is 8.21. The molecule has 2 bridgehead atoms. The molecule has 0 heterocycles. The van der Waals surface area contributed by atoms with Gasteiger partial charge in [0.25, 0.3) is 11.8 Å². The predicted molar refractivity (Wildman–Crippen MR) is 110 cm³/mol. The standard InChI is InChI=1S/C22H26N4O2/c23-17-5-1-15(2-6-17)19(27)25-21-9-12-22(13-10-21,14-11-21)26-20(28)16-3-7-18(24)8-4-16/h1-8H,9-14,23-24H2,(H,25,27)(H,26,28). The SMILES string of the molecule is Nc1ccc(C(=O)NC23CCC(NC(=O)c4ccc(N)cc4)(CC2)CC3)cc1. The maximum atomic E-state index is 12.6. The number of nitrogens with one attached hydrogen (secondary N) is 2. The first-order valence-electron chi connectivity index (χ1n) is 9.75. The lowest BCUT2D eigenvalue weighted by Crippen LogP contribution is -2.63. The molecule has 2 amide bonds. The number of rotatable bonds is 4. The highest BCUT2D eigenvalue weighted by molar-refractivity contribution is 5.95. The van der Waals surface area contributed by atoms with Crippen molar-refractivity contribution in [1.29, 1.82) is 0 Å². The molecule has 0 saturated heterocycles. The summed E-state index contributed by atoms with van der Waals surface area (Å²) < 4.78 is 0. The Labute approximate surface area is 164 Å². The fourth-order valence-electron chi connectivity index (χ4n) is 4.46. The van der Waals surface area contributed by atoms with E-state index in [0.29, 0.717) is 22.5 Å². The third kappa shape index (κ3) is 3.54. The summed E-state index contributed by atoms with van der Waals surface area (Å²) in [6, 6.07) is 14.0. The summed E-state index contributed by atoms with van der Waals surface area (Å²) in [6.45, 7) is 0. The van der Waals surface area contributed by atoms with Crippen molar-refractivity contribution in [3.05, 3.63) is 59.7 Å². The van der Waals surface area contributed by atoms with Gasteiger partial charge < -0.3 is 22.1 Å². The molecule has 2 aromatic carbocycles. The molecule has 0 atom stereocenters. The maximum Gasteiger partial charge on any atom is 0.251 e. The van der Waals surface area contributed by atoms with Crippen molar-refractivity contribution in [3.8, 4) is 0 Å². The van der Waals surface area contributed by atoms with Crippen LogP contribution in [-0.2, 0) is 0 Å². The Morgan fingerprint density at radius 2 is 0.893 bits per heavy atom. The number of amides is 2. The highest BCUT2D eigenvalue weighted by Gasteiger charge is 2.50. The van der Waals surface area contributed by atoms with E-state index in [9.17, 15) is 9.59 Å². The molecule has 0 radical (unpaired) electrons. The van der Waals surface area contributed by atoms with Crippen LogP contribution in [0.15, 0.2) is 48.5 Å². The van der Waals surface area contributed by atoms with Crippen LogP contribution in [-0.4, -0.2) is 22.9 Å². The van der Waals surface area contributed by atoms with Crippen LogP contribution in [0.25, 0.3) is 0 Å². The summed E-state index contributed by atoms with van der Waals surface area (Å²) in [5.74, 6) is -0.111. The van der Waals surface area contributed by atoms with Crippen LogP contribution in [0.4, 0.5) is 11.4 Å². The largest absolute Gasteiger partial charge is 0.399 e. The molecule has 0 aromatic heterocycles. The van der Waals surface area contributed by atoms with Crippen molar-refractivity contribution in [2.45, 2.75) is 49.6 Å². The van der Waals surface area contributed by atoms with Gasteiger partial charge in [0, 0.05) is 33.6 Å². The summed E-state index contributed by atoms with van der Waals surface area (Å²) >= 11 is 0. The zero-order valence-electron chi connectivity index (χ0n) is 15.8. The van der Waals surface area contributed by atoms with Crippen LogP contribution in [0.5, 0.6) is 0 Å². The molecule has 3 aliphatic rings. The molecule has 0 spiro atoms. The molecule has 3 fully saturated rings. The summed E-state index contributed by atoms with van der Waals surface area (Å²) in [4.78, 5) is 25.3. The summed E-state index contributed by atoms with van der Waals surface area (Å²) in [7, 11) is 0. The van der Waals surface area contributed by atoms with Crippen LogP contribution in [0.2, 0.25) is 0 Å². The average molecular weight is 378 g/mol. The first-order valence-corrected chi connectivity index (χ1v) is 9.75. The minimum Gasteiger partial charge on any atom is -0.399 e. The van der Waals surface area contributed by atoms with Crippen molar-refractivity contribution in [3.63, 3.8) is 0 Å². The minimum atomic E-state index is -0.174. The number of benzene rings is 2. The first-order chi connectivity index (χ1) is 13.4. The monoisotopic (exact) mass is 378 g/mol. The topological polar surface area (TPSA) is 110 Å². The fourth-order valence-corrected chi connectivity index (χ4v) is 4.46. The number of hydrogen-bond acceptors (Lipinski definition) is 4. The number of nitrogen functional groups attached to an aromatic ring is 2. The van der Waals surface area contributed by atoms with Gasteiger partial charge in [-0.1, -0.05) is 0 Å². The zero-order chi connectivity index (χ0) is 19.8. The Morgan fingerprint density at radius 3 is 1.18 bits per heavy atom. The number of anilines is 2. The number of carbonyl (C=O) groups excluding carboxylic acids is 2. The summed E-state index contributed by atoms with van der Waals surface area (Å²) in [5.41, 5.74) is 13.6. The quantitative estimate of drug-likeness (QED) is 0.613. The molecule has 2 aromatic rings. The Kier molecular flexibility index (Phi) is 4.49. The molecule has 28 heavy (non-hydrogen) atoms. The number of hydrogen-bond donors (Lipinski definition) is 4. The van der Waals surface area contributed by atoms with E-state index in [2.05, 4.69) is 10.6 Å². The van der Waals surface area contributed by atoms with Gasteiger partial charge in [0.05, 0.1) is 0 Å². The molecule has 6 heteroatoms. The summed E-state index contributed by atoms with van der Waals surface area (Å²) in [6.07, 6.45) is 5.22. The van der Waals surface area contributed by atoms with Crippen LogP contribution >= 0.6 is 0 Å². The molecule has 0 unspecified atom stereocenters. The second-order valence-corrected chi connectivity index (χ2v) is 8.21. The molecule has 3 aliphatic carbocycles. The summed E-state index contributed by atoms with van der Waals surface area (Å²) in [5, 5.41) is 6.52. The molecule has 5 rings (SSSR count). The Morgan fingerprint density at radius 1 is 0.607 bits per heavy atom. The second kappa shape index (κ2) is 6.86. The van der Waals surface area contributed by atoms with E-state index in [-0.39, 0.29) is 22.9 Å². The highest BCUT2D eigenvalue weighted by Crippen LogP contribution is 2.47. The Hall–Kier alpha value is -3.02. The van der Waals surface area contributed by atoms with Gasteiger partial charge in [-0.25, -0.2) is 0 Å². The van der Waals surface area contributed by atoms with E-state index in [1.807, 2.05) is 0 Å². The van der Waals surface area contributed by atoms with Crippen LogP contribution in [0.3, 0.4) is 0 Å². The maximum absolute atomic E-state index is 12.6. The highest BCUT2D eigenvalue weighted by atomic mass is 16.2. The van der Waals surface area contributed by atoms with Crippen LogP contribution < -0.4 is 22.1 Å². The normalized spacial score (nSPS) is 25.9. The molecule has 146 valence electrons. The molecular weight excluding hydrogens is 352 g/mol. The first kappa shape index (κ1) is 18.3. The van der Waals surface area contributed by atoms with Gasteiger partial charge in [-0.2, -0.15) is 0 Å². The smallest absolute Gasteiger partial charge is 0.251 e. The molecule has 6 N–H and O–H groups in total. The van der Waals surface area contributed by atoms with Crippen molar-refractivity contribution in [2.75, 3.05) is 11.5 Å². The van der Waals surface area contributed by atoms with E-state index in [0.717, 1.165) is 38.5 Å². The van der Waals surface area contributed by atoms with E-state index < -0.39 is 0 Å². The minimum absolute atomic E-state index is 0.0553. The van der Waals surface area contributed by atoms with E-state index in [1.165, 1.54) is 0 Å². The van der Waals surface area contributed by atoms with Crippen molar-refractivity contribution >= 4 is 23.2 Å². The van der Waals surface area contributed by atoms with Crippen molar-refractivity contribution < 1.29 is 9.59 Å². The Bertz CT molecular complexity index is 790. The lowest BCUT2D eigenvalue weighted by Gasteiger charge is -2.53. The lowest BCUT2D eigenvalue weighted by molar-refractivity contribution is 0.0441. The van der Waals surface area contributed by atoms with Gasteiger partial charge in [0.15, 0.2) is 0 Å². The van der Waals surface area contributed by atoms with Crippen molar-refractivity contribution in [2.24, 2.45) is 0 Å². The van der Waals surface area contributed by atoms with Gasteiger partial charge in [0.2, 0.25) is 0 Å². The van der Waals surface area contributed by atoms with Gasteiger partial charge >= 0.3 is 0 Å². The zero-order valence-corrected chi connectivity index (χ0v) is 15.8. The van der Waals surface area contributed by atoms with Crippen LogP contribution in [0, 0.1) is 0 Å². The third-order valence-corrected chi connectivity index (χ3v) is 6.35. The Balaban J connectivity index is 1.39. The number of nitrogens with two attached hydrogens (primary N) is 2. The molecule has 3 saturated carbocycles. The predicted octanol–water partition coefficient (Wildman–Crippen LogP) is 2.86. The molecular formula is C22H26N4O2. The third-order valence-electron chi connectivity index (χ3n) is 6.35. The van der Waals surface area contributed by atoms with E-state index in [1.54, 1.807) is 48.5 Å². The van der Waals surface area contributed by atoms with Crippen molar-refractivity contribution in [1.82, 2.24) is 10.6 Å². The fraction of sp³-hybridized carbons (Fsp3) is 0.364. The number of carbonyl (C=O) groups is 2. The van der Waals surface area contributed by atoms with Gasteiger partial charge in [0.1, 0.15) is 0 Å². The van der Waals surface area contributed by atoms with Crippen LogP contribution in [0.1, 0.15) is 59.2 Å². The van der Waals surface area contributed by atoms with E-state index >= 15 is 0 Å². The number of fused-ring (bicyclic) bond motifs is 3. The van der Waals surface area contributed by atoms with E-state index in [4.69, 9.17) is 11.5 Å².